The van der Waals surface area contributed by atoms with E-state index in [1.54, 1.807) is 24.3 Å². The summed E-state index contributed by atoms with van der Waals surface area (Å²) in [5.41, 5.74) is 2.57. The third-order valence-electron chi connectivity index (χ3n) is 4.13. The van der Waals surface area contributed by atoms with Gasteiger partial charge in [0.15, 0.2) is 11.5 Å². The fraction of sp³-hybridized carbons (Fsp3) is 0.150. The number of aryl methyl sites for hydroxylation is 1. The van der Waals surface area contributed by atoms with Gasteiger partial charge in [-0.15, -0.1) is 0 Å². The van der Waals surface area contributed by atoms with Gasteiger partial charge in [0.2, 0.25) is 0 Å². The highest BCUT2D eigenvalue weighted by Gasteiger charge is 2.14. The standard InChI is InChI=1S/C20H17ClN4O3/c1-12-2-3-13(8-15(12)21)24-19-11-22-16(10-23-19)20(26)25-14-4-5-17-18(9-14)28-7-6-27-17/h2-5,8-11H,6-7H2,1H3,(H,23,24)(H,25,26). The average Bonchev–Trinajstić information content (AvgIpc) is 2.71. The summed E-state index contributed by atoms with van der Waals surface area (Å²) in [5, 5.41) is 6.54. The molecule has 1 aliphatic heterocycles. The molecule has 28 heavy (non-hydrogen) atoms. The minimum atomic E-state index is -0.367. The molecule has 142 valence electrons. The fourth-order valence-electron chi connectivity index (χ4n) is 2.64. The Kier molecular flexibility index (Phi) is 4.99. The summed E-state index contributed by atoms with van der Waals surface area (Å²) >= 11 is 6.12. The predicted octanol–water partition coefficient (Wildman–Crippen LogP) is 4.21. The second-order valence-electron chi connectivity index (χ2n) is 6.19. The van der Waals surface area contributed by atoms with Gasteiger partial charge in [-0.1, -0.05) is 17.7 Å². The largest absolute Gasteiger partial charge is 0.486 e. The molecule has 0 spiro atoms. The van der Waals surface area contributed by atoms with E-state index < -0.39 is 0 Å². The van der Waals surface area contributed by atoms with Crippen LogP contribution in [0.2, 0.25) is 5.02 Å². The van der Waals surface area contributed by atoms with Crippen LogP contribution in [0, 0.1) is 6.92 Å². The Morgan fingerprint density at radius 2 is 1.79 bits per heavy atom. The Morgan fingerprint density at radius 1 is 1.00 bits per heavy atom. The van der Waals surface area contributed by atoms with Gasteiger partial charge in [-0.3, -0.25) is 4.79 Å². The lowest BCUT2D eigenvalue weighted by Gasteiger charge is -2.18. The van der Waals surface area contributed by atoms with Gasteiger partial charge >= 0.3 is 0 Å². The maximum Gasteiger partial charge on any atom is 0.275 e. The summed E-state index contributed by atoms with van der Waals surface area (Å²) in [7, 11) is 0. The van der Waals surface area contributed by atoms with Crippen LogP contribution < -0.4 is 20.1 Å². The van der Waals surface area contributed by atoms with Crippen LogP contribution in [0.25, 0.3) is 0 Å². The van der Waals surface area contributed by atoms with E-state index in [2.05, 4.69) is 20.6 Å². The Hall–Kier alpha value is -3.32. The Bertz CT molecular complexity index is 1020. The first-order valence-corrected chi connectivity index (χ1v) is 9.02. The molecule has 0 atom stereocenters. The molecule has 0 unspecified atom stereocenters. The van der Waals surface area contributed by atoms with E-state index in [1.165, 1.54) is 12.4 Å². The molecule has 4 rings (SSSR count). The number of carbonyl (C=O) groups excluding carboxylic acids is 1. The Labute approximate surface area is 166 Å². The molecule has 2 aromatic carbocycles. The zero-order chi connectivity index (χ0) is 19.5. The SMILES string of the molecule is Cc1ccc(Nc2cnc(C(=O)Nc3ccc4c(c3)OCCO4)cn2)cc1Cl. The lowest BCUT2D eigenvalue weighted by atomic mass is 10.2. The number of carbonyl (C=O) groups is 1. The number of halogens is 1. The zero-order valence-corrected chi connectivity index (χ0v) is 15.8. The summed E-state index contributed by atoms with van der Waals surface area (Å²) in [5.74, 6) is 1.41. The third kappa shape index (κ3) is 3.99. The lowest BCUT2D eigenvalue weighted by Crippen LogP contribution is -2.17. The summed E-state index contributed by atoms with van der Waals surface area (Å²) in [6.45, 7) is 2.93. The van der Waals surface area contributed by atoms with Gasteiger partial charge in [-0.25, -0.2) is 9.97 Å². The van der Waals surface area contributed by atoms with E-state index in [9.17, 15) is 4.79 Å². The molecule has 0 saturated heterocycles. The van der Waals surface area contributed by atoms with Crippen LogP contribution in [-0.4, -0.2) is 29.1 Å². The van der Waals surface area contributed by atoms with Crippen molar-refractivity contribution in [1.82, 2.24) is 9.97 Å². The van der Waals surface area contributed by atoms with E-state index in [1.807, 2.05) is 19.1 Å². The maximum atomic E-state index is 12.4. The monoisotopic (exact) mass is 396 g/mol. The highest BCUT2D eigenvalue weighted by atomic mass is 35.5. The van der Waals surface area contributed by atoms with Crippen LogP contribution >= 0.6 is 11.6 Å². The Morgan fingerprint density at radius 3 is 2.54 bits per heavy atom. The van der Waals surface area contributed by atoms with Gasteiger partial charge in [-0.05, 0) is 36.8 Å². The molecule has 2 heterocycles. The number of anilines is 3. The Balaban J connectivity index is 1.43. The van der Waals surface area contributed by atoms with Gasteiger partial charge < -0.3 is 20.1 Å². The number of fused-ring (bicyclic) bond motifs is 1. The van der Waals surface area contributed by atoms with Crippen molar-refractivity contribution in [3.05, 3.63) is 65.1 Å². The zero-order valence-electron chi connectivity index (χ0n) is 15.0. The number of aromatic nitrogens is 2. The summed E-state index contributed by atoms with van der Waals surface area (Å²) in [4.78, 5) is 20.8. The average molecular weight is 397 g/mol. The molecule has 1 amide bonds. The van der Waals surface area contributed by atoms with Crippen LogP contribution in [0.3, 0.4) is 0 Å². The molecule has 0 aliphatic carbocycles. The lowest BCUT2D eigenvalue weighted by molar-refractivity contribution is 0.102. The molecule has 1 aromatic heterocycles. The van der Waals surface area contributed by atoms with Crippen LogP contribution in [0.1, 0.15) is 16.1 Å². The van der Waals surface area contributed by atoms with Crippen molar-refractivity contribution in [2.45, 2.75) is 6.92 Å². The fourth-order valence-corrected chi connectivity index (χ4v) is 2.83. The molecular formula is C20H17ClN4O3. The minimum Gasteiger partial charge on any atom is -0.486 e. The van der Waals surface area contributed by atoms with E-state index in [0.717, 1.165) is 11.3 Å². The van der Waals surface area contributed by atoms with Gasteiger partial charge in [0.25, 0.3) is 5.91 Å². The normalized spacial score (nSPS) is 12.4. The van der Waals surface area contributed by atoms with Crippen LogP contribution in [-0.2, 0) is 0 Å². The molecule has 2 N–H and O–H groups in total. The number of hydrogen-bond donors (Lipinski definition) is 2. The van der Waals surface area contributed by atoms with Crippen molar-refractivity contribution in [2.75, 3.05) is 23.8 Å². The van der Waals surface area contributed by atoms with E-state index in [-0.39, 0.29) is 11.6 Å². The second-order valence-corrected chi connectivity index (χ2v) is 6.60. The number of nitrogens with one attached hydrogen (secondary N) is 2. The van der Waals surface area contributed by atoms with Crippen molar-refractivity contribution in [2.24, 2.45) is 0 Å². The predicted molar refractivity (Wildman–Crippen MR) is 107 cm³/mol. The summed E-state index contributed by atoms with van der Waals surface area (Å²) in [6.07, 6.45) is 2.90. The van der Waals surface area contributed by atoms with Gasteiger partial charge in [0, 0.05) is 22.5 Å². The summed E-state index contributed by atoms with van der Waals surface area (Å²) < 4.78 is 11.0. The number of amides is 1. The number of nitrogens with zero attached hydrogens (tertiary/aromatic N) is 2. The molecule has 0 bridgehead atoms. The first-order chi connectivity index (χ1) is 13.6. The molecule has 8 heteroatoms. The maximum absolute atomic E-state index is 12.4. The van der Waals surface area contributed by atoms with E-state index in [4.69, 9.17) is 21.1 Å². The molecular weight excluding hydrogens is 380 g/mol. The van der Waals surface area contributed by atoms with Crippen LogP contribution in [0.15, 0.2) is 48.8 Å². The molecule has 3 aromatic rings. The van der Waals surface area contributed by atoms with Crippen LogP contribution in [0.5, 0.6) is 11.5 Å². The highest BCUT2D eigenvalue weighted by Crippen LogP contribution is 2.32. The first kappa shape index (κ1) is 18.1. The summed E-state index contributed by atoms with van der Waals surface area (Å²) in [6, 6.07) is 10.8. The molecule has 0 fully saturated rings. The van der Waals surface area contributed by atoms with Crippen LogP contribution in [0.4, 0.5) is 17.2 Å². The molecule has 1 aliphatic rings. The van der Waals surface area contributed by atoms with E-state index in [0.29, 0.717) is 41.2 Å². The quantitative estimate of drug-likeness (QED) is 0.687. The number of ether oxygens (including phenoxy) is 2. The topological polar surface area (TPSA) is 85.4 Å². The molecule has 7 nitrogen and oxygen atoms in total. The van der Waals surface area contributed by atoms with Gasteiger partial charge in [0.1, 0.15) is 24.7 Å². The van der Waals surface area contributed by atoms with E-state index >= 15 is 0 Å². The molecule has 0 saturated carbocycles. The number of rotatable bonds is 4. The van der Waals surface area contributed by atoms with Gasteiger partial charge in [0.05, 0.1) is 12.4 Å². The third-order valence-corrected chi connectivity index (χ3v) is 4.54. The second kappa shape index (κ2) is 7.74. The van der Waals surface area contributed by atoms with Crippen molar-refractivity contribution in [3.63, 3.8) is 0 Å². The van der Waals surface area contributed by atoms with Crippen molar-refractivity contribution in [3.8, 4) is 11.5 Å². The number of benzene rings is 2. The first-order valence-electron chi connectivity index (χ1n) is 8.65. The highest BCUT2D eigenvalue weighted by molar-refractivity contribution is 6.31. The smallest absolute Gasteiger partial charge is 0.275 e. The van der Waals surface area contributed by atoms with Crippen molar-refractivity contribution >= 4 is 34.7 Å². The molecule has 0 radical (unpaired) electrons. The van der Waals surface area contributed by atoms with Gasteiger partial charge in [-0.2, -0.15) is 0 Å². The minimum absolute atomic E-state index is 0.197. The van der Waals surface area contributed by atoms with Crippen molar-refractivity contribution in [1.29, 1.82) is 0 Å². The van der Waals surface area contributed by atoms with Crippen molar-refractivity contribution < 1.29 is 14.3 Å². The number of hydrogen-bond acceptors (Lipinski definition) is 6.